The first kappa shape index (κ1) is 53.7. The summed E-state index contributed by atoms with van der Waals surface area (Å²) in [5, 5.41) is 9.69. The highest BCUT2D eigenvalue weighted by atomic mass is 16.5. The second-order valence-electron chi connectivity index (χ2n) is 21.7. The van der Waals surface area contributed by atoms with Gasteiger partial charge >= 0.3 is 0 Å². The molecule has 0 aliphatic carbocycles. The van der Waals surface area contributed by atoms with Gasteiger partial charge in [-0.1, -0.05) is 37.5 Å². The molecule has 6 saturated heterocycles. The summed E-state index contributed by atoms with van der Waals surface area (Å²) < 4.78 is 11.6. The van der Waals surface area contributed by atoms with Crippen LogP contribution in [0.4, 0.5) is 23.5 Å². The normalized spacial score (nSPS) is 19.7. The van der Waals surface area contributed by atoms with Crippen molar-refractivity contribution in [1.29, 1.82) is 0 Å². The first-order chi connectivity index (χ1) is 36.5. The molecule has 0 unspecified atom stereocenters. The van der Waals surface area contributed by atoms with Crippen LogP contribution in [-0.4, -0.2) is 171 Å². The van der Waals surface area contributed by atoms with Gasteiger partial charge in [0, 0.05) is 101 Å². The van der Waals surface area contributed by atoms with Crippen molar-refractivity contribution in [2.24, 2.45) is 0 Å². The Bertz CT molecular complexity index is 2350. The van der Waals surface area contributed by atoms with E-state index in [1.165, 1.54) is 116 Å². The summed E-state index contributed by atoms with van der Waals surface area (Å²) >= 11 is 0. The highest BCUT2D eigenvalue weighted by Gasteiger charge is 2.25. The molecule has 10 rings (SSSR count). The Morgan fingerprint density at radius 2 is 0.824 bits per heavy atom. The van der Waals surface area contributed by atoms with E-state index in [1.807, 2.05) is 0 Å². The number of hydrogen-bond acceptors (Lipinski definition) is 14. The molecule has 2 N–H and O–H groups in total. The minimum absolute atomic E-state index is 0.427. The SMILES string of the molecule is CCCN1CCC(Nc2nc(N3CCCCC3)nc3cc(C#CCCN4CCCC4)c(OC)cc23)CC1.CCCN1CCC(Nc2nc(N3CCCCC3)nc3cc(C#CCCN4CCCC4)c(OC)cc23)CC1. The van der Waals surface area contributed by atoms with Gasteiger partial charge in [0.1, 0.15) is 23.1 Å². The van der Waals surface area contributed by atoms with Crippen molar-refractivity contribution in [3.05, 3.63) is 35.4 Å². The number of fused-ring (bicyclic) bond motifs is 2. The first-order valence-electron chi connectivity index (χ1n) is 29.2. The molecule has 6 aliphatic rings. The number of ether oxygens (including phenoxy) is 2. The lowest BCUT2D eigenvalue weighted by molar-refractivity contribution is 0.219. The standard InChI is InChI=1S/2C30H44N6O/c2*1-3-14-34-20-12-25(13-21-34)31-29-26-23-28(37-2)24(11-5-8-15-35-16-9-10-17-35)22-27(26)32-30(33-29)36-18-6-4-7-19-36/h2*22-23,25H,3-4,6-10,12-21H2,1-2H3,(H,31,32,33). The Hall–Kier alpha value is -5.12. The number of aromatic nitrogens is 4. The summed E-state index contributed by atoms with van der Waals surface area (Å²) in [6.45, 7) is 22.6. The van der Waals surface area contributed by atoms with Crippen LogP contribution >= 0.6 is 0 Å². The van der Waals surface area contributed by atoms with Crippen molar-refractivity contribution in [3.8, 4) is 35.2 Å². The predicted molar refractivity (Wildman–Crippen MR) is 305 cm³/mol. The molecule has 2 aromatic carbocycles. The summed E-state index contributed by atoms with van der Waals surface area (Å²) in [5.41, 5.74) is 3.73. The van der Waals surface area contributed by atoms with Crippen LogP contribution in [0.1, 0.15) is 141 Å². The molecule has 0 spiro atoms. The average molecular weight is 1010 g/mol. The molecule has 6 fully saturated rings. The number of methoxy groups -OCH3 is 2. The summed E-state index contributed by atoms with van der Waals surface area (Å²) in [6.07, 6.45) is 21.4. The van der Waals surface area contributed by atoms with Crippen LogP contribution in [0.25, 0.3) is 21.8 Å². The molecule has 0 saturated carbocycles. The van der Waals surface area contributed by atoms with E-state index in [-0.39, 0.29) is 0 Å². The maximum Gasteiger partial charge on any atom is 0.227 e. The second kappa shape index (κ2) is 27.6. The largest absolute Gasteiger partial charge is 0.495 e. The molecule has 8 heterocycles. The van der Waals surface area contributed by atoms with Crippen molar-refractivity contribution in [2.45, 2.75) is 142 Å². The van der Waals surface area contributed by atoms with Crippen LogP contribution in [-0.2, 0) is 0 Å². The van der Waals surface area contributed by atoms with Gasteiger partial charge in [-0.3, -0.25) is 0 Å². The van der Waals surface area contributed by atoms with Gasteiger partial charge in [-0.25, -0.2) is 9.97 Å². The van der Waals surface area contributed by atoms with Crippen molar-refractivity contribution in [2.75, 3.05) is 139 Å². The lowest BCUT2D eigenvalue weighted by atomic mass is 10.0. The van der Waals surface area contributed by atoms with Gasteiger partial charge in [0.05, 0.1) is 36.4 Å². The molecule has 6 aliphatic heterocycles. The van der Waals surface area contributed by atoms with Gasteiger partial charge in [-0.2, -0.15) is 9.97 Å². The minimum Gasteiger partial charge on any atom is -0.495 e. The molecule has 0 amide bonds. The molecule has 14 heteroatoms. The first-order valence-corrected chi connectivity index (χ1v) is 29.2. The number of anilines is 4. The van der Waals surface area contributed by atoms with Gasteiger partial charge < -0.3 is 49.5 Å². The molecule has 400 valence electrons. The fraction of sp³-hybridized carbons (Fsp3) is 0.667. The zero-order chi connectivity index (χ0) is 50.9. The van der Waals surface area contributed by atoms with Crippen LogP contribution < -0.4 is 29.9 Å². The molecule has 0 bridgehead atoms. The number of nitrogens with zero attached hydrogens (tertiary/aromatic N) is 10. The Morgan fingerprint density at radius 3 is 1.19 bits per heavy atom. The van der Waals surface area contributed by atoms with E-state index in [2.05, 4.69) is 102 Å². The number of nitrogens with one attached hydrogen (secondary N) is 2. The summed E-state index contributed by atoms with van der Waals surface area (Å²) in [5.74, 6) is 18.7. The quantitative estimate of drug-likeness (QED) is 0.104. The number of piperidine rings is 4. The van der Waals surface area contributed by atoms with E-state index in [9.17, 15) is 0 Å². The van der Waals surface area contributed by atoms with Crippen molar-refractivity contribution >= 4 is 45.3 Å². The van der Waals surface area contributed by atoms with E-state index in [0.29, 0.717) is 12.1 Å². The average Bonchev–Trinajstić information content (AvgIpc) is 4.18. The van der Waals surface area contributed by atoms with Gasteiger partial charge in [0.2, 0.25) is 11.9 Å². The van der Waals surface area contributed by atoms with Crippen LogP contribution in [0.5, 0.6) is 11.5 Å². The summed E-state index contributed by atoms with van der Waals surface area (Å²) in [6, 6.07) is 9.26. The molecule has 0 atom stereocenters. The van der Waals surface area contributed by atoms with E-state index >= 15 is 0 Å². The third kappa shape index (κ3) is 14.6. The second-order valence-corrected chi connectivity index (χ2v) is 21.7. The summed E-state index contributed by atoms with van der Waals surface area (Å²) in [4.78, 5) is 35.2. The topological polar surface area (TPSA) is 114 Å². The minimum atomic E-state index is 0.427. The Kier molecular flexibility index (Phi) is 20.0. The third-order valence-electron chi connectivity index (χ3n) is 16.2. The van der Waals surface area contributed by atoms with Gasteiger partial charge in [0.25, 0.3) is 0 Å². The summed E-state index contributed by atoms with van der Waals surface area (Å²) in [7, 11) is 3.46. The monoisotopic (exact) mass is 1010 g/mol. The molecular weight excluding hydrogens is 921 g/mol. The van der Waals surface area contributed by atoms with Gasteiger partial charge in [-0.05, 0) is 166 Å². The maximum absolute atomic E-state index is 5.80. The van der Waals surface area contributed by atoms with E-state index in [4.69, 9.17) is 29.4 Å². The lowest BCUT2D eigenvalue weighted by Gasteiger charge is -2.33. The molecule has 0 radical (unpaired) electrons. The molecule has 14 nitrogen and oxygen atoms in total. The molecule has 74 heavy (non-hydrogen) atoms. The zero-order valence-electron chi connectivity index (χ0n) is 45.8. The Balaban J connectivity index is 0.000000182. The fourth-order valence-electron chi connectivity index (χ4n) is 11.9. The number of hydrogen-bond donors (Lipinski definition) is 2. The number of rotatable bonds is 16. The Labute approximate surface area is 444 Å². The van der Waals surface area contributed by atoms with E-state index in [0.717, 1.165) is 172 Å². The van der Waals surface area contributed by atoms with Crippen LogP contribution in [0.15, 0.2) is 24.3 Å². The molecule has 2 aromatic heterocycles. The zero-order valence-corrected chi connectivity index (χ0v) is 45.8. The highest BCUT2D eigenvalue weighted by Crippen LogP contribution is 2.34. The van der Waals surface area contributed by atoms with Crippen molar-refractivity contribution in [3.63, 3.8) is 0 Å². The smallest absolute Gasteiger partial charge is 0.227 e. The van der Waals surface area contributed by atoms with Gasteiger partial charge in [0.15, 0.2) is 0 Å². The van der Waals surface area contributed by atoms with Crippen molar-refractivity contribution < 1.29 is 9.47 Å². The number of benzene rings is 2. The van der Waals surface area contributed by atoms with Crippen LogP contribution in [0.3, 0.4) is 0 Å². The fourth-order valence-corrected chi connectivity index (χ4v) is 11.9. The van der Waals surface area contributed by atoms with E-state index in [1.54, 1.807) is 14.2 Å². The predicted octanol–water partition coefficient (Wildman–Crippen LogP) is 9.50. The number of likely N-dealkylation sites (tertiary alicyclic amines) is 4. The van der Waals surface area contributed by atoms with Crippen molar-refractivity contribution in [1.82, 2.24) is 39.5 Å². The van der Waals surface area contributed by atoms with Gasteiger partial charge in [-0.15, -0.1) is 0 Å². The van der Waals surface area contributed by atoms with Crippen LogP contribution in [0, 0.1) is 23.7 Å². The maximum atomic E-state index is 5.80. The van der Waals surface area contributed by atoms with Crippen LogP contribution in [0.2, 0.25) is 0 Å². The molecular formula is C60H88N12O2. The Morgan fingerprint density at radius 1 is 0.459 bits per heavy atom. The third-order valence-corrected chi connectivity index (χ3v) is 16.2. The molecule has 4 aromatic rings. The lowest BCUT2D eigenvalue weighted by Crippen LogP contribution is -2.39. The highest BCUT2D eigenvalue weighted by molar-refractivity contribution is 5.94. The van der Waals surface area contributed by atoms with E-state index < -0.39 is 0 Å².